The maximum Gasteiger partial charge on any atom is 0.410 e. The van der Waals surface area contributed by atoms with Gasteiger partial charge in [-0.1, -0.05) is 52.7 Å². The Morgan fingerprint density at radius 2 is 1.11 bits per heavy atom. The van der Waals surface area contributed by atoms with Crippen LogP contribution in [0.1, 0.15) is 110 Å². The summed E-state index contributed by atoms with van der Waals surface area (Å²) in [5.74, 6) is -1.72. The van der Waals surface area contributed by atoms with Crippen molar-refractivity contribution >= 4 is 55.4 Å². The zero-order valence-corrected chi connectivity index (χ0v) is 40.0. The number of carboxylic acids is 2. The van der Waals surface area contributed by atoms with Crippen molar-refractivity contribution in [1.29, 1.82) is 0 Å². The Bertz CT molecular complexity index is 2460. The number of allylic oxidation sites excluding steroid dienone is 8. The maximum absolute atomic E-state index is 12.7. The molecule has 0 spiro atoms. The molecule has 3 heterocycles. The third kappa shape index (κ3) is 11.1. The molecule has 0 aromatic heterocycles. The van der Waals surface area contributed by atoms with Gasteiger partial charge in [0.05, 0.1) is 29.5 Å². The minimum Gasteiger partial charge on any atom is -0.744 e. The van der Waals surface area contributed by atoms with Gasteiger partial charge in [0.2, 0.25) is 5.71 Å². The van der Waals surface area contributed by atoms with Gasteiger partial charge in [-0.15, -0.1) is 0 Å². The van der Waals surface area contributed by atoms with E-state index in [1.807, 2.05) is 27.7 Å². The molecule has 358 valence electrons. The molecule has 18 heteroatoms. The molecule has 0 bridgehead atoms. The van der Waals surface area contributed by atoms with Gasteiger partial charge >= 0.3 is 18.0 Å². The maximum atomic E-state index is 12.7. The van der Waals surface area contributed by atoms with Gasteiger partial charge in [0.15, 0.2) is 13.1 Å². The first-order valence-electron chi connectivity index (χ1n) is 22.6. The van der Waals surface area contributed by atoms with Crippen molar-refractivity contribution in [2.24, 2.45) is 0 Å². The zero-order chi connectivity index (χ0) is 48.2. The highest BCUT2D eigenvalue weighted by Gasteiger charge is 2.42. The molecule has 0 unspecified atom stereocenters. The highest BCUT2D eigenvalue weighted by molar-refractivity contribution is 7.86. The van der Waals surface area contributed by atoms with E-state index in [-0.39, 0.29) is 35.3 Å². The van der Waals surface area contributed by atoms with Crippen molar-refractivity contribution in [2.45, 2.75) is 119 Å². The lowest BCUT2D eigenvalue weighted by molar-refractivity contribution is -0.537. The molecule has 1 amide bonds. The van der Waals surface area contributed by atoms with Gasteiger partial charge in [-0.2, -0.15) is 0 Å². The smallest absolute Gasteiger partial charge is 0.410 e. The third-order valence-electron chi connectivity index (χ3n) is 13.1. The monoisotopic (exact) mass is 949 g/mol. The van der Waals surface area contributed by atoms with Crippen LogP contribution in [0.25, 0.3) is 0 Å². The van der Waals surface area contributed by atoms with E-state index in [2.05, 4.69) is 38.7 Å². The van der Waals surface area contributed by atoms with E-state index in [0.29, 0.717) is 102 Å². The molecule has 6 rings (SSSR count). The lowest BCUT2D eigenvalue weighted by Crippen LogP contribution is -2.47. The van der Waals surface area contributed by atoms with Gasteiger partial charge in [-0.25, -0.2) is 26.2 Å². The van der Waals surface area contributed by atoms with Gasteiger partial charge in [-0.3, -0.25) is 14.5 Å². The second-order valence-corrected chi connectivity index (χ2v) is 21.0. The number of ether oxygens (including phenoxy) is 1. The number of piperazine rings is 1. The zero-order valence-electron chi connectivity index (χ0n) is 38.4. The Morgan fingerprint density at radius 3 is 1.48 bits per heavy atom. The summed E-state index contributed by atoms with van der Waals surface area (Å²) in [5, 5.41) is 18.4. The summed E-state index contributed by atoms with van der Waals surface area (Å²) >= 11 is 0. The van der Waals surface area contributed by atoms with Crippen LogP contribution in [0, 0.1) is 0 Å². The van der Waals surface area contributed by atoms with Crippen LogP contribution in [-0.2, 0) is 45.4 Å². The Balaban J connectivity index is 1.42. The molecule has 3 aliphatic heterocycles. The Labute approximate surface area is 388 Å². The van der Waals surface area contributed by atoms with Crippen LogP contribution in [0.3, 0.4) is 0 Å². The number of hydrogen-bond donors (Lipinski definition) is 2. The van der Waals surface area contributed by atoms with Crippen LogP contribution >= 0.6 is 0 Å². The molecule has 1 saturated carbocycles. The van der Waals surface area contributed by atoms with E-state index >= 15 is 0 Å². The number of aliphatic carboxylic acids is 2. The molecular formula is C48H61N4O12S2-. The largest absolute Gasteiger partial charge is 0.744 e. The number of benzene rings is 2. The van der Waals surface area contributed by atoms with Crippen LogP contribution in [0.2, 0.25) is 0 Å². The van der Waals surface area contributed by atoms with Gasteiger partial charge in [0.25, 0.3) is 0 Å². The lowest BCUT2D eigenvalue weighted by atomic mass is 9.83. The number of rotatable bonds is 17. The minimum atomic E-state index is -4.73. The molecule has 2 fully saturated rings. The van der Waals surface area contributed by atoms with E-state index in [1.165, 1.54) is 24.3 Å². The summed E-state index contributed by atoms with van der Waals surface area (Å²) < 4.78 is 80.5. The highest BCUT2D eigenvalue weighted by Crippen LogP contribution is 2.50. The molecule has 2 aromatic carbocycles. The average molecular weight is 950 g/mol. The first kappa shape index (κ1) is 50.1. The normalized spacial score (nSPS) is 20.5. The van der Waals surface area contributed by atoms with Crippen molar-refractivity contribution in [3.8, 4) is 0 Å². The van der Waals surface area contributed by atoms with Crippen LogP contribution < -0.4 is 9.80 Å². The minimum absolute atomic E-state index is 0.0601. The predicted octanol–water partition coefficient (Wildman–Crippen LogP) is 7.02. The topological polar surface area (TPSA) is 228 Å². The number of hydrogen-bond acceptors (Lipinski definition) is 12. The number of anilines is 2. The number of carbonyl (C=O) groups is 3. The van der Waals surface area contributed by atoms with Crippen LogP contribution in [0.5, 0.6) is 0 Å². The quantitative estimate of drug-likeness (QED) is 0.0923. The number of carboxylic acid groups (broad SMARTS) is 2. The summed E-state index contributed by atoms with van der Waals surface area (Å²) in [6.45, 7) is 13.0. The van der Waals surface area contributed by atoms with E-state index in [1.54, 1.807) is 24.0 Å². The van der Waals surface area contributed by atoms with Crippen LogP contribution in [-0.4, -0.2) is 115 Å². The van der Waals surface area contributed by atoms with Gasteiger partial charge in [0.1, 0.15) is 20.2 Å². The lowest BCUT2D eigenvalue weighted by Gasteiger charge is -2.27. The summed E-state index contributed by atoms with van der Waals surface area (Å²) in [6, 6.07) is 8.90. The summed E-state index contributed by atoms with van der Waals surface area (Å²) in [5.41, 5.74) is 6.38. The molecule has 0 radical (unpaired) electrons. The SMILES string of the molecule is CCOC(=O)N1CC[N+](=C2/C(=C/C=C3\N(CCCCCC(=O)O)c4ccc(S(=O)(=O)[O-])cc4C3(C)C)CC/C2=C\C=C2/N(CCCCCC(=O)O)c3ccc(S(=O)(=O)[O-])cc3C2(C)C)CC1. The fourth-order valence-electron chi connectivity index (χ4n) is 9.68. The van der Waals surface area contributed by atoms with E-state index in [0.717, 1.165) is 39.6 Å². The molecule has 0 atom stereocenters. The third-order valence-corrected chi connectivity index (χ3v) is 14.8. The first-order chi connectivity index (χ1) is 31.0. The molecule has 1 saturated heterocycles. The Hall–Kier alpha value is -5.30. The van der Waals surface area contributed by atoms with Crippen molar-refractivity contribution in [3.63, 3.8) is 0 Å². The molecule has 4 aliphatic rings. The van der Waals surface area contributed by atoms with Gasteiger partial charge in [-0.05, 0) is 105 Å². The Morgan fingerprint density at radius 1 is 0.682 bits per heavy atom. The summed E-state index contributed by atoms with van der Waals surface area (Å²) in [4.78, 5) is 40.5. The fourth-order valence-corrected chi connectivity index (χ4v) is 10.7. The average Bonchev–Trinajstić information content (AvgIpc) is 3.81. The van der Waals surface area contributed by atoms with Gasteiger partial charge < -0.3 is 33.9 Å². The number of unbranched alkanes of at least 4 members (excludes halogenated alkanes) is 4. The summed E-state index contributed by atoms with van der Waals surface area (Å²) in [7, 11) is -9.46. The predicted molar refractivity (Wildman–Crippen MR) is 247 cm³/mol. The molecular weight excluding hydrogens is 889 g/mol. The van der Waals surface area contributed by atoms with E-state index < -0.39 is 43.0 Å². The van der Waals surface area contributed by atoms with Crippen LogP contribution in [0.4, 0.5) is 16.2 Å². The number of nitrogens with zero attached hydrogens (tertiary/aromatic N) is 4. The molecule has 2 N–H and O–H groups in total. The van der Waals surface area contributed by atoms with Crippen molar-refractivity contribution < 1.29 is 59.9 Å². The summed E-state index contributed by atoms with van der Waals surface area (Å²) in [6.07, 6.45) is 13.1. The number of amides is 1. The van der Waals surface area contributed by atoms with Crippen molar-refractivity contribution in [3.05, 3.63) is 94.4 Å². The van der Waals surface area contributed by atoms with Crippen molar-refractivity contribution in [2.75, 3.05) is 55.7 Å². The highest BCUT2D eigenvalue weighted by atomic mass is 32.2. The fraction of sp³-hybridized carbons (Fsp3) is 0.500. The Kier molecular flexibility index (Phi) is 15.4. The molecule has 2 aromatic rings. The second-order valence-electron chi connectivity index (χ2n) is 18.2. The second kappa shape index (κ2) is 20.3. The first-order valence-corrected chi connectivity index (χ1v) is 25.4. The van der Waals surface area contributed by atoms with Crippen LogP contribution in [0.15, 0.2) is 93.0 Å². The van der Waals surface area contributed by atoms with E-state index in [9.17, 15) is 50.5 Å². The van der Waals surface area contributed by atoms with E-state index in [4.69, 9.17) is 4.74 Å². The molecule has 1 aliphatic carbocycles. The van der Waals surface area contributed by atoms with Gasteiger partial charge in [0, 0.05) is 70.7 Å². The number of fused-ring (bicyclic) bond motifs is 2. The standard InChI is InChI=1S/C48H62N4O12S2/c1-6-64-46(57)50-29-27-49(28-30-50)45-33(17-23-41-47(2,3)37-31-35(65(58,59)60)19-21-39(37)51(41)25-11-7-9-13-43(53)54)15-16-34(45)18-24-42-48(4,5)38-32-36(66(61,62)63)20-22-40(38)52(42)26-12-8-10-14-44(55)56/h17-24,31-32H,6-16,25-30H2,1-5H3,(H3-,53,54,55,56,58,59,60,61,62,63)/p-1. The van der Waals surface area contributed by atoms with Crippen molar-refractivity contribution in [1.82, 2.24) is 4.90 Å². The molecule has 16 nitrogen and oxygen atoms in total. The number of carbonyl (C=O) groups excluding carboxylic acids is 1. The molecule has 66 heavy (non-hydrogen) atoms.